The van der Waals surface area contributed by atoms with Gasteiger partial charge in [0.15, 0.2) is 0 Å². The maximum absolute atomic E-state index is 12.1. The molecular formula is C15H17ClN4O3. The molecule has 2 rings (SSSR count). The zero-order chi connectivity index (χ0) is 17.0. The van der Waals surface area contributed by atoms with E-state index < -0.39 is 5.91 Å². The molecule has 0 saturated heterocycles. The first-order valence-electron chi connectivity index (χ1n) is 6.72. The Kier molecular flexibility index (Phi) is 5.23. The minimum atomic E-state index is -0.443. The van der Waals surface area contributed by atoms with Crippen LogP contribution in [0.1, 0.15) is 21.7 Å². The highest BCUT2D eigenvalue weighted by molar-refractivity contribution is 6.34. The van der Waals surface area contributed by atoms with E-state index in [2.05, 4.69) is 15.6 Å². The van der Waals surface area contributed by atoms with Gasteiger partial charge in [0.2, 0.25) is 0 Å². The van der Waals surface area contributed by atoms with Gasteiger partial charge in [-0.2, -0.15) is 10.2 Å². The molecule has 1 heterocycles. The summed E-state index contributed by atoms with van der Waals surface area (Å²) in [6, 6.07) is 5.27. The van der Waals surface area contributed by atoms with Gasteiger partial charge < -0.3 is 9.47 Å². The van der Waals surface area contributed by atoms with Crippen molar-refractivity contribution in [3.8, 4) is 11.5 Å². The van der Waals surface area contributed by atoms with Gasteiger partial charge in [-0.1, -0.05) is 11.6 Å². The second-order valence-electron chi connectivity index (χ2n) is 4.68. The quantitative estimate of drug-likeness (QED) is 0.670. The Hall–Kier alpha value is -2.54. The molecule has 0 aliphatic carbocycles. The Labute approximate surface area is 138 Å². The van der Waals surface area contributed by atoms with Gasteiger partial charge >= 0.3 is 0 Å². The van der Waals surface area contributed by atoms with Crippen LogP contribution in [0.2, 0.25) is 5.02 Å². The first-order valence-corrected chi connectivity index (χ1v) is 7.10. The van der Waals surface area contributed by atoms with Crippen molar-refractivity contribution < 1.29 is 14.3 Å². The van der Waals surface area contributed by atoms with E-state index in [1.807, 2.05) is 0 Å². The van der Waals surface area contributed by atoms with E-state index in [0.717, 1.165) is 0 Å². The Balaban J connectivity index is 2.14. The minimum Gasteiger partial charge on any atom is -0.497 e. The van der Waals surface area contributed by atoms with Crippen LogP contribution in [0.4, 0.5) is 0 Å². The number of halogens is 1. The fourth-order valence-electron chi connectivity index (χ4n) is 2.02. The number of nitrogens with one attached hydrogen (secondary N) is 1. The van der Waals surface area contributed by atoms with E-state index in [0.29, 0.717) is 27.8 Å². The van der Waals surface area contributed by atoms with Crippen molar-refractivity contribution in [1.82, 2.24) is 15.2 Å². The number of aromatic nitrogens is 2. The third-order valence-corrected chi connectivity index (χ3v) is 3.63. The number of methoxy groups -OCH3 is 2. The maximum Gasteiger partial charge on any atom is 0.291 e. The molecule has 0 saturated carbocycles. The Morgan fingerprint density at radius 2 is 2.13 bits per heavy atom. The molecule has 0 aliphatic rings. The lowest BCUT2D eigenvalue weighted by molar-refractivity contribution is 0.0946. The lowest BCUT2D eigenvalue weighted by atomic mass is 10.2. The van der Waals surface area contributed by atoms with Crippen molar-refractivity contribution >= 4 is 23.7 Å². The summed E-state index contributed by atoms with van der Waals surface area (Å²) in [7, 11) is 4.76. The largest absolute Gasteiger partial charge is 0.497 e. The molecule has 7 nitrogen and oxygen atoms in total. The third kappa shape index (κ3) is 3.62. The average Bonchev–Trinajstić information content (AvgIpc) is 2.80. The van der Waals surface area contributed by atoms with Crippen LogP contribution in [0.3, 0.4) is 0 Å². The van der Waals surface area contributed by atoms with Crippen LogP contribution < -0.4 is 14.9 Å². The van der Waals surface area contributed by atoms with Crippen molar-refractivity contribution in [2.45, 2.75) is 6.92 Å². The number of hydrazone groups is 1. The molecule has 0 fully saturated rings. The number of benzene rings is 1. The van der Waals surface area contributed by atoms with Crippen LogP contribution in [0.15, 0.2) is 23.3 Å². The molecule has 1 aromatic heterocycles. The molecule has 0 bridgehead atoms. The van der Waals surface area contributed by atoms with Crippen LogP contribution in [0.5, 0.6) is 11.5 Å². The molecule has 1 aromatic carbocycles. The van der Waals surface area contributed by atoms with Crippen LogP contribution >= 0.6 is 11.6 Å². The molecule has 8 heteroatoms. The fourth-order valence-corrected chi connectivity index (χ4v) is 2.26. The highest BCUT2D eigenvalue weighted by atomic mass is 35.5. The molecular weight excluding hydrogens is 320 g/mol. The molecule has 0 aliphatic heterocycles. The Morgan fingerprint density at radius 3 is 2.70 bits per heavy atom. The summed E-state index contributed by atoms with van der Waals surface area (Å²) >= 11 is 6.06. The molecule has 23 heavy (non-hydrogen) atoms. The smallest absolute Gasteiger partial charge is 0.291 e. The Morgan fingerprint density at radius 1 is 1.39 bits per heavy atom. The molecule has 1 N–H and O–H groups in total. The summed E-state index contributed by atoms with van der Waals surface area (Å²) < 4.78 is 11.8. The number of carbonyl (C=O) groups is 1. The summed E-state index contributed by atoms with van der Waals surface area (Å²) in [5.41, 5.74) is 3.95. The predicted octanol–water partition coefficient (Wildman–Crippen LogP) is 2.16. The van der Waals surface area contributed by atoms with Crippen molar-refractivity contribution in [1.29, 1.82) is 0 Å². The van der Waals surface area contributed by atoms with Gasteiger partial charge in [-0.25, -0.2) is 5.43 Å². The Bertz CT molecular complexity index is 755. The lowest BCUT2D eigenvalue weighted by Crippen LogP contribution is -2.21. The van der Waals surface area contributed by atoms with Gasteiger partial charge in [0.05, 0.1) is 31.2 Å². The zero-order valence-corrected chi connectivity index (χ0v) is 14.0. The van der Waals surface area contributed by atoms with Crippen molar-refractivity contribution in [2.24, 2.45) is 12.1 Å². The van der Waals surface area contributed by atoms with Gasteiger partial charge in [0.1, 0.15) is 17.2 Å². The van der Waals surface area contributed by atoms with Gasteiger partial charge in [-0.3, -0.25) is 9.48 Å². The van der Waals surface area contributed by atoms with E-state index >= 15 is 0 Å². The number of amides is 1. The van der Waals surface area contributed by atoms with Gasteiger partial charge in [0, 0.05) is 18.7 Å². The van der Waals surface area contributed by atoms with Crippen LogP contribution in [-0.2, 0) is 7.05 Å². The normalized spacial score (nSPS) is 10.8. The van der Waals surface area contributed by atoms with E-state index in [-0.39, 0.29) is 5.69 Å². The SMILES string of the molecule is COc1ccc(C=NNC(=O)c2c(Cl)c(C)nn2C)c(OC)c1. The number of hydrogen-bond acceptors (Lipinski definition) is 5. The van der Waals surface area contributed by atoms with Crippen molar-refractivity contribution in [2.75, 3.05) is 14.2 Å². The molecule has 0 radical (unpaired) electrons. The third-order valence-electron chi connectivity index (χ3n) is 3.17. The summed E-state index contributed by atoms with van der Waals surface area (Å²) in [4.78, 5) is 12.1. The molecule has 2 aromatic rings. The van der Waals surface area contributed by atoms with E-state index in [4.69, 9.17) is 21.1 Å². The van der Waals surface area contributed by atoms with Crippen molar-refractivity contribution in [3.63, 3.8) is 0 Å². The molecule has 0 atom stereocenters. The highest BCUT2D eigenvalue weighted by Gasteiger charge is 2.18. The molecule has 122 valence electrons. The fraction of sp³-hybridized carbons (Fsp3) is 0.267. The highest BCUT2D eigenvalue weighted by Crippen LogP contribution is 2.23. The van der Waals surface area contributed by atoms with Gasteiger partial charge in [-0.15, -0.1) is 0 Å². The lowest BCUT2D eigenvalue weighted by Gasteiger charge is -2.07. The second-order valence-corrected chi connectivity index (χ2v) is 5.06. The van der Waals surface area contributed by atoms with Crippen LogP contribution in [0, 0.1) is 6.92 Å². The number of carbonyl (C=O) groups excluding carboxylic acids is 1. The van der Waals surface area contributed by atoms with Gasteiger partial charge in [-0.05, 0) is 19.1 Å². The van der Waals surface area contributed by atoms with E-state index in [1.54, 1.807) is 46.4 Å². The van der Waals surface area contributed by atoms with Crippen LogP contribution in [-0.4, -0.2) is 36.1 Å². The number of rotatable bonds is 5. The molecule has 0 unspecified atom stereocenters. The number of aryl methyl sites for hydroxylation is 2. The van der Waals surface area contributed by atoms with Gasteiger partial charge in [0.25, 0.3) is 5.91 Å². The first kappa shape index (κ1) is 16.8. The second kappa shape index (κ2) is 7.15. The zero-order valence-electron chi connectivity index (χ0n) is 13.3. The molecule has 1 amide bonds. The van der Waals surface area contributed by atoms with Crippen molar-refractivity contribution in [3.05, 3.63) is 40.2 Å². The standard InChI is InChI=1S/C15H17ClN4O3/c1-9-13(16)14(20(2)19-9)15(21)18-17-8-10-5-6-11(22-3)7-12(10)23-4/h5-8H,1-4H3,(H,18,21). The summed E-state index contributed by atoms with van der Waals surface area (Å²) in [5, 5.41) is 8.32. The first-order chi connectivity index (χ1) is 11.0. The monoisotopic (exact) mass is 336 g/mol. The molecule has 0 spiro atoms. The topological polar surface area (TPSA) is 77.7 Å². The summed E-state index contributed by atoms with van der Waals surface area (Å²) in [6.07, 6.45) is 1.48. The number of ether oxygens (including phenoxy) is 2. The average molecular weight is 337 g/mol. The predicted molar refractivity (Wildman–Crippen MR) is 87.6 cm³/mol. The summed E-state index contributed by atoms with van der Waals surface area (Å²) in [6.45, 7) is 1.73. The summed E-state index contributed by atoms with van der Waals surface area (Å²) in [5.74, 6) is 0.804. The maximum atomic E-state index is 12.1. The number of hydrogen-bond donors (Lipinski definition) is 1. The van der Waals surface area contributed by atoms with E-state index in [1.165, 1.54) is 10.9 Å². The van der Waals surface area contributed by atoms with E-state index in [9.17, 15) is 4.79 Å². The minimum absolute atomic E-state index is 0.253. The number of nitrogens with zero attached hydrogens (tertiary/aromatic N) is 3. The van der Waals surface area contributed by atoms with Crippen LogP contribution in [0.25, 0.3) is 0 Å².